The molecule has 1 heterocycles. The highest BCUT2D eigenvalue weighted by atomic mass is 16.5. The smallest absolute Gasteiger partial charge is 0.239 e. The van der Waals surface area contributed by atoms with Crippen molar-refractivity contribution < 1.29 is 9.53 Å². The second-order valence-corrected chi connectivity index (χ2v) is 4.67. The van der Waals surface area contributed by atoms with Crippen molar-refractivity contribution in [1.29, 1.82) is 0 Å². The highest BCUT2D eigenvalue weighted by Gasteiger charge is 2.24. The van der Waals surface area contributed by atoms with Crippen LogP contribution in [0.15, 0.2) is 24.3 Å². The molecule has 2 N–H and O–H groups in total. The van der Waals surface area contributed by atoms with Crippen LogP contribution >= 0.6 is 0 Å². The molecule has 1 aromatic carbocycles. The van der Waals surface area contributed by atoms with Crippen LogP contribution in [0.25, 0.3) is 0 Å². The average Bonchev–Trinajstić information content (AvgIpc) is 2.41. The summed E-state index contributed by atoms with van der Waals surface area (Å²) in [6.45, 7) is 1.58. The molecule has 2 rings (SSSR count). The van der Waals surface area contributed by atoms with E-state index in [1.54, 1.807) is 7.11 Å². The highest BCUT2D eigenvalue weighted by Crippen LogP contribution is 2.14. The first-order valence-corrected chi connectivity index (χ1v) is 6.38. The molecule has 4 heteroatoms. The van der Waals surface area contributed by atoms with Gasteiger partial charge >= 0.3 is 0 Å². The van der Waals surface area contributed by atoms with Gasteiger partial charge < -0.3 is 15.4 Å². The average molecular weight is 248 g/mol. The zero-order chi connectivity index (χ0) is 13.0. The predicted molar refractivity (Wildman–Crippen MR) is 70.5 cm³/mol. The van der Waals surface area contributed by atoms with Gasteiger partial charge in [0.1, 0.15) is 5.75 Å². The fraction of sp³-hybridized carbons (Fsp3) is 0.500. The second-order valence-electron chi connectivity index (χ2n) is 4.67. The fourth-order valence-electron chi connectivity index (χ4n) is 2.25. The van der Waals surface area contributed by atoms with Gasteiger partial charge in [-0.15, -0.1) is 0 Å². The van der Waals surface area contributed by atoms with E-state index in [-0.39, 0.29) is 11.9 Å². The van der Waals surface area contributed by atoms with E-state index in [1.165, 1.54) is 5.56 Å². The number of hydrogen-bond donors (Lipinski definition) is 1. The molecule has 1 amide bonds. The summed E-state index contributed by atoms with van der Waals surface area (Å²) >= 11 is 0. The number of nitrogens with zero attached hydrogens (tertiary/aromatic N) is 1. The quantitative estimate of drug-likeness (QED) is 0.870. The lowest BCUT2D eigenvalue weighted by molar-refractivity contribution is -0.134. The van der Waals surface area contributed by atoms with Crippen LogP contribution in [0.5, 0.6) is 5.75 Å². The molecule has 0 spiro atoms. The van der Waals surface area contributed by atoms with E-state index in [2.05, 4.69) is 0 Å². The minimum atomic E-state index is -0.297. The number of methoxy groups -OCH3 is 1. The van der Waals surface area contributed by atoms with Crippen molar-refractivity contribution in [3.63, 3.8) is 0 Å². The molecule has 98 valence electrons. The van der Waals surface area contributed by atoms with Crippen molar-refractivity contribution >= 4 is 5.91 Å². The van der Waals surface area contributed by atoms with Gasteiger partial charge in [-0.25, -0.2) is 0 Å². The molecule has 1 aliphatic rings. The van der Waals surface area contributed by atoms with Crippen LogP contribution in [0.2, 0.25) is 0 Å². The van der Waals surface area contributed by atoms with Gasteiger partial charge in [0.15, 0.2) is 0 Å². The summed E-state index contributed by atoms with van der Waals surface area (Å²) in [5, 5.41) is 0. The Bertz CT molecular complexity index is 403. The van der Waals surface area contributed by atoms with Crippen molar-refractivity contribution in [3.05, 3.63) is 29.8 Å². The molecule has 1 aromatic rings. The summed E-state index contributed by atoms with van der Waals surface area (Å²) < 4.78 is 5.11. The van der Waals surface area contributed by atoms with E-state index in [1.807, 2.05) is 29.2 Å². The van der Waals surface area contributed by atoms with Crippen LogP contribution in [0.1, 0.15) is 18.4 Å². The largest absolute Gasteiger partial charge is 0.497 e. The molecule has 0 bridgehead atoms. The molecule has 0 radical (unpaired) electrons. The van der Waals surface area contributed by atoms with Crippen LogP contribution in [0, 0.1) is 0 Å². The standard InChI is InChI=1S/C14H20N2O2/c1-18-12-6-4-11(5-7-12)8-10-16-9-2-3-13(15)14(16)17/h4-7,13H,2-3,8-10,15H2,1H3. The molecular weight excluding hydrogens is 228 g/mol. The molecule has 1 saturated heterocycles. The molecular formula is C14H20N2O2. The number of amides is 1. The third-order valence-electron chi connectivity index (χ3n) is 3.40. The van der Waals surface area contributed by atoms with Crippen molar-refractivity contribution in [2.75, 3.05) is 20.2 Å². The maximum Gasteiger partial charge on any atom is 0.239 e. The van der Waals surface area contributed by atoms with Crippen molar-refractivity contribution in [2.24, 2.45) is 5.73 Å². The van der Waals surface area contributed by atoms with Crippen molar-refractivity contribution in [3.8, 4) is 5.75 Å². The number of carbonyl (C=O) groups excluding carboxylic acids is 1. The van der Waals surface area contributed by atoms with E-state index in [0.29, 0.717) is 0 Å². The van der Waals surface area contributed by atoms with Gasteiger partial charge in [-0.3, -0.25) is 4.79 Å². The van der Waals surface area contributed by atoms with Gasteiger partial charge in [0.2, 0.25) is 5.91 Å². The van der Waals surface area contributed by atoms with Crippen LogP contribution in [0.4, 0.5) is 0 Å². The van der Waals surface area contributed by atoms with Gasteiger partial charge in [-0.1, -0.05) is 12.1 Å². The Morgan fingerprint density at radius 2 is 2.11 bits per heavy atom. The van der Waals surface area contributed by atoms with Gasteiger partial charge in [-0.05, 0) is 37.0 Å². The van der Waals surface area contributed by atoms with Crippen LogP contribution in [0.3, 0.4) is 0 Å². The summed E-state index contributed by atoms with van der Waals surface area (Å²) in [6.07, 6.45) is 2.69. The second kappa shape index (κ2) is 5.87. The van der Waals surface area contributed by atoms with E-state index in [4.69, 9.17) is 10.5 Å². The Labute approximate surface area is 108 Å². The molecule has 0 aromatic heterocycles. The summed E-state index contributed by atoms with van der Waals surface area (Å²) in [7, 11) is 1.66. The predicted octanol–water partition coefficient (Wildman–Crippen LogP) is 1.19. The highest BCUT2D eigenvalue weighted by molar-refractivity contribution is 5.82. The molecule has 0 aliphatic carbocycles. The van der Waals surface area contributed by atoms with E-state index < -0.39 is 0 Å². The Balaban J connectivity index is 1.88. The molecule has 1 fully saturated rings. The van der Waals surface area contributed by atoms with Crippen molar-refractivity contribution in [1.82, 2.24) is 4.90 Å². The molecule has 1 unspecified atom stereocenters. The third kappa shape index (κ3) is 3.01. The van der Waals surface area contributed by atoms with Crippen LogP contribution in [-0.4, -0.2) is 37.0 Å². The SMILES string of the molecule is COc1ccc(CCN2CCCC(N)C2=O)cc1. The van der Waals surface area contributed by atoms with Gasteiger partial charge in [-0.2, -0.15) is 0 Å². The molecule has 18 heavy (non-hydrogen) atoms. The summed E-state index contributed by atoms with van der Waals surface area (Å²) in [4.78, 5) is 13.7. The number of ether oxygens (including phenoxy) is 1. The lowest BCUT2D eigenvalue weighted by Gasteiger charge is -2.30. The minimum absolute atomic E-state index is 0.0924. The Morgan fingerprint density at radius 1 is 1.39 bits per heavy atom. The first-order valence-electron chi connectivity index (χ1n) is 6.38. The van der Waals surface area contributed by atoms with Gasteiger partial charge in [0.05, 0.1) is 13.2 Å². The van der Waals surface area contributed by atoms with E-state index >= 15 is 0 Å². The lowest BCUT2D eigenvalue weighted by atomic mass is 10.0. The monoisotopic (exact) mass is 248 g/mol. The maximum atomic E-state index is 11.8. The van der Waals surface area contributed by atoms with E-state index in [9.17, 15) is 4.79 Å². The topological polar surface area (TPSA) is 55.6 Å². The van der Waals surface area contributed by atoms with Gasteiger partial charge in [0, 0.05) is 13.1 Å². The molecule has 1 atom stereocenters. The third-order valence-corrected chi connectivity index (χ3v) is 3.40. The van der Waals surface area contributed by atoms with E-state index in [0.717, 1.165) is 38.1 Å². The number of piperidine rings is 1. The number of nitrogens with two attached hydrogens (primary N) is 1. The summed E-state index contributed by atoms with van der Waals surface area (Å²) in [5.74, 6) is 0.949. The number of likely N-dealkylation sites (tertiary alicyclic amines) is 1. The van der Waals surface area contributed by atoms with Gasteiger partial charge in [0.25, 0.3) is 0 Å². The number of hydrogen-bond acceptors (Lipinski definition) is 3. The van der Waals surface area contributed by atoms with Crippen LogP contribution < -0.4 is 10.5 Å². The molecule has 1 aliphatic heterocycles. The molecule has 4 nitrogen and oxygen atoms in total. The zero-order valence-electron chi connectivity index (χ0n) is 10.8. The van der Waals surface area contributed by atoms with Crippen LogP contribution in [-0.2, 0) is 11.2 Å². The Hall–Kier alpha value is -1.55. The Kier molecular flexibility index (Phi) is 4.20. The maximum absolute atomic E-state index is 11.8. The normalized spacial score (nSPS) is 20.0. The lowest BCUT2D eigenvalue weighted by Crippen LogP contribution is -2.48. The number of rotatable bonds is 4. The Morgan fingerprint density at radius 3 is 2.78 bits per heavy atom. The summed E-state index contributed by atoms with van der Waals surface area (Å²) in [6, 6.07) is 7.66. The first kappa shape index (κ1) is 12.9. The summed E-state index contributed by atoms with van der Waals surface area (Å²) in [5.41, 5.74) is 6.98. The van der Waals surface area contributed by atoms with Crippen molar-refractivity contribution in [2.45, 2.75) is 25.3 Å². The minimum Gasteiger partial charge on any atom is -0.497 e. The number of carbonyl (C=O) groups is 1. The first-order chi connectivity index (χ1) is 8.70. The fourth-order valence-corrected chi connectivity index (χ4v) is 2.25. The number of benzene rings is 1. The zero-order valence-corrected chi connectivity index (χ0v) is 10.8. The molecule has 0 saturated carbocycles.